The molecule has 144 valence electrons. The maximum atomic E-state index is 4.64. The summed E-state index contributed by atoms with van der Waals surface area (Å²) in [7, 11) is 0. The van der Waals surface area contributed by atoms with Crippen molar-refractivity contribution >= 4 is 0 Å². The number of hydrogen-bond acceptors (Lipinski definition) is 4. The molecule has 1 N–H and O–H groups in total. The second-order valence-corrected chi connectivity index (χ2v) is 7.98. The van der Waals surface area contributed by atoms with Gasteiger partial charge in [-0.3, -0.25) is 19.9 Å². The quantitative estimate of drug-likeness (QED) is 0.760. The highest BCUT2D eigenvalue weighted by Crippen LogP contribution is 2.30. The fraction of sp³-hybridized carbons (Fsp3) is 0.391. The van der Waals surface area contributed by atoms with Gasteiger partial charge in [-0.05, 0) is 37.6 Å². The number of benzene rings is 1. The molecule has 0 bridgehead atoms. The lowest BCUT2D eigenvalue weighted by Gasteiger charge is -2.40. The fourth-order valence-corrected chi connectivity index (χ4v) is 4.65. The minimum atomic E-state index is 0.678. The molecule has 0 saturated carbocycles. The summed E-state index contributed by atoms with van der Waals surface area (Å²) in [6, 6.07) is 15.5. The van der Waals surface area contributed by atoms with E-state index in [0.717, 1.165) is 31.7 Å². The largest absolute Gasteiger partial charge is 0.299 e. The Labute approximate surface area is 166 Å². The zero-order valence-corrected chi connectivity index (χ0v) is 16.2. The van der Waals surface area contributed by atoms with Crippen molar-refractivity contribution in [1.29, 1.82) is 0 Å². The SMILES string of the molecule is c1ccc(-c2n[nH]c3c2CN(C2CCN(Cc4cccnc4)CC2)CC3)cc1. The molecule has 0 aliphatic carbocycles. The van der Waals surface area contributed by atoms with Crippen molar-refractivity contribution in [3.8, 4) is 11.3 Å². The Bertz CT molecular complexity index is 897. The molecule has 0 atom stereocenters. The molecule has 0 radical (unpaired) electrons. The van der Waals surface area contributed by atoms with Crippen LogP contribution in [0.2, 0.25) is 0 Å². The van der Waals surface area contributed by atoms with Crippen LogP contribution in [0.25, 0.3) is 11.3 Å². The Morgan fingerprint density at radius 3 is 2.64 bits per heavy atom. The first-order valence-electron chi connectivity index (χ1n) is 10.3. The van der Waals surface area contributed by atoms with Crippen molar-refractivity contribution in [3.05, 3.63) is 71.7 Å². The van der Waals surface area contributed by atoms with Gasteiger partial charge in [0, 0.05) is 61.3 Å². The number of nitrogens with zero attached hydrogens (tertiary/aromatic N) is 4. The molecular formula is C23H27N5. The molecule has 5 rings (SSSR count). The molecule has 2 aliphatic heterocycles. The van der Waals surface area contributed by atoms with Crippen molar-refractivity contribution in [1.82, 2.24) is 25.0 Å². The van der Waals surface area contributed by atoms with E-state index in [1.165, 1.54) is 48.3 Å². The fourth-order valence-electron chi connectivity index (χ4n) is 4.65. The molecule has 1 aromatic carbocycles. The summed E-state index contributed by atoms with van der Waals surface area (Å²) in [6.45, 7) is 5.50. The summed E-state index contributed by atoms with van der Waals surface area (Å²) in [6.07, 6.45) is 7.40. The number of H-pyrrole nitrogens is 1. The van der Waals surface area contributed by atoms with Gasteiger partial charge in [-0.15, -0.1) is 0 Å². The van der Waals surface area contributed by atoms with Crippen LogP contribution in [0.1, 0.15) is 29.7 Å². The van der Waals surface area contributed by atoms with Gasteiger partial charge >= 0.3 is 0 Å². The first kappa shape index (κ1) is 17.6. The summed E-state index contributed by atoms with van der Waals surface area (Å²) >= 11 is 0. The molecule has 3 aromatic rings. The molecule has 0 spiro atoms. The summed E-state index contributed by atoms with van der Waals surface area (Å²) in [5.74, 6) is 0. The van der Waals surface area contributed by atoms with Gasteiger partial charge in [0.2, 0.25) is 0 Å². The highest BCUT2D eigenvalue weighted by Gasteiger charge is 2.29. The monoisotopic (exact) mass is 373 g/mol. The molecule has 2 aliphatic rings. The number of aromatic nitrogens is 3. The Morgan fingerprint density at radius 1 is 1.00 bits per heavy atom. The summed E-state index contributed by atoms with van der Waals surface area (Å²) in [5, 5.41) is 7.93. The van der Waals surface area contributed by atoms with Crippen LogP contribution in [0.5, 0.6) is 0 Å². The summed E-state index contributed by atoms with van der Waals surface area (Å²) < 4.78 is 0. The number of piperidine rings is 1. The number of hydrogen-bond donors (Lipinski definition) is 1. The average molecular weight is 374 g/mol. The molecular weight excluding hydrogens is 346 g/mol. The molecule has 1 saturated heterocycles. The van der Waals surface area contributed by atoms with Gasteiger partial charge in [-0.25, -0.2) is 0 Å². The normalized spacial score (nSPS) is 18.9. The Kier molecular flexibility index (Phi) is 4.93. The highest BCUT2D eigenvalue weighted by molar-refractivity contribution is 5.64. The molecule has 4 heterocycles. The zero-order valence-electron chi connectivity index (χ0n) is 16.2. The van der Waals surface area contributed by atoms with Gasteiger partial charge in [0.05, 0.1) is 5.69 Å². The van der Waals surface area contributed by atoms with Crippen LogP contribution in [-0.4, -0.2) is 50.7 Å². The lowest BCUT2D eigenvalue weighted by atomic mass is 9.96. The van der Waals surface area contributed by atoms with Gasteiger partial charge in [-0.2, -0.15) is 5.10 Å². The van der Waals surface area contributed by atoms with Crippen LogP contribution >= 0.6 is 0 Å². The van der Waals surface area contributed by atoms with E-state index in [-0.39, 0.29) is 0 Å². The first-order valence-corrected chi connectivity index (χ1v) is 10.3. The van der Waals surface area contributed by atoms with Crippen molar-refractivity contribution in [2.45, 2.75) is 38.4 Å². The summed E-state index contributed by atoms with van der Waals surface area (Å²) in [4.78, 5) is 9.50. The Hall–Kier alpha value is -2.50. The molecule has 1 fully saturated rings. The minimum Gasteiger partial charge on any atom is -0.299 e. The Balaban J connectivity index is 1.23. The van der Waals surface area contributed by atoms with E-state index < -0.39 is 0 Å². The van der Waals surface area contributed by atoms with Gasteiger partial charge in [-0.1, -0.05) is 36.4 Å². The molecule has 2 aromatic heterocycles. The van der Waals surface area contributed by atoms with Crippen molar-refractivity contribution in [3.63, 3.8) is 0 Å². The number of rotatable bonds is 4. The van der Waals surface area contributed by atoms with Crippen LogP contribution in [0.15, 0.2) is 54.9 Å². The number of fused-ring (bicyclic) bond motifs is 1. The maximum absolute atomic E-state index is 4.64. The number of likely N-dealkylation sites (tertiary alicyclic amines) is 1. The van der Waals surface area contributed by atoms with E-state index in [2.05, 4.69) is 61.4 Å². The van der Waals surface area contributed by atoms with Crippen molar-refractivity contribution in [2.75, 3.05) is 19.6 Å². The van der Waals surface area contributed by atoms with Crippen LogP contribution in [0.4, 0.5) is 0 Å². The second kappa shape index (κ2) is 7.86. The van der Waals surface area contributed by atoms with Crippen LogP contribution in [0, 0.1) is 0 Å². The third kappa shape index (κ3) is 3.60. The van der Waals surface area contributed by atoms with E-state index in [1.54, 1.807) is 0 Å². The second-order valence-electron chi connectivity index (χ2n) is 7.98. The van der Waals surface area contributed by atoms with Crippen LogP contribution in [0.3, 0.4) is 0 Å². The average Bonchev–Trinajstić information content (AvgIpc) is 3.19. The molecule has 28 heavy (non-hydrogen) atoms. The van der Waals surface area contributed by atoms with Crippen LogP contribution in [-0.2, 0) is 19.5 Å². The van der Waals surface area contributed by atoms with Gasteiger partial charge in [0.1, 0.15) is 0 Å². The van der Waals surface area contributed by atoms with Crippen molar-refractivity contribution < 1.29 is 0 Å². The predicted molar refractivity (Wildman–Crippen MR) is 111 cm³/mol. The first-order chi connectivity index (χ1) is 13.9. The molecule has 0 amide bonds. The third-order valence-electron chi connectivity index (χ3n) is 6.21. The highest BCUT2D eigenvalue weighted by atomic mass is 15.2. The molecule has 0 unspecified atom stereocenters. The van der Waals surface area contributed by atoms with E-state index in [1.807, 2.05) is 18.5 Å². The summed E-state index contributed by atoms with van der Waals surface area (Å²) in [5.41, 5.74) is 6.39. The Morgan fingerprint density at radius 2 is 1.86 bits per heavy atom. The van der Waals surface area contributed by atoms with Gasteiger partial charge < -0.3 is 0 Å². The van der Waals surface area contributed by atoms with E-state index >= 15 is 0 Å². The zero-order chi connectivity index (χ0) is 18.8. The van der Waals surface area contributed by atoms with E-state index in [0.29, 0.717) is 6.04 Å². The lowest BCUT2D eigenvalue weighted by Crippen LogP contribution is -2.46. The van der Waals surface area contributed by atoms with Gasteiger partial charge in [0.15, 0.2) is 0 Å². The molecule has 5 nitrogen and oxygen atoms in total. The van der Waals surface area contributed by atoms with Crippen LogP contribution < -0.4 is 0 Å². The maximum Gasteiger partial charge on any atom is 0.0968 e. The number of pyridine rings is 1. The number of aromatic amines is 1. The molecule has 5 heteroatoms. The van der Waals surface area contributed by atoms with Crippen molar-refractivity contribution in [2.24, 2.45) is 0 Å². The lowest BCUT2D eigenvalue weighted by molar-refractivity contribution is 0.0947. The van der Waals surface area contributed by atoms with Gasteiger partial charge in [0.25, 0.3) is 0 Å². The third-order valence-corrected chi connectivity index (χ3v) is 6.21. The van der Waals surface area contributed by atoms with E-state index in [4.69, 9.17) is 0 Å². The smallest absolute Gasteiger partial charge is 0.0968 e. The topological polar surface area (TPSA) is 48.1 Å². The minimum absolute atomic E-state index is 0.678. The van der Waals surface area contributed by atoms with E-state index in [9.17, 15) is 0 Å². The standard InChI is InChI=1S/C23H27N5/c1-2-6-19(7-3-1)23-21-17-28(14-10-22(21)25-26-23)20-8-12-27(13-9-20)16-18-5-4-11-24-15-18/h1-7,11,15,20H,8-10,12-14,16-17H2,(H,25,26). The predicted octanol–water partition coefficient (Wildman–Crippen LogP) is 3.49. The number of nitrogens with one attached hydrogen (secondary N) is 1.